The van der Waals surface area contributed by atoms with Crippen molar-refractivity contribution in [1.82, 2.24) is 0 Å². The predicted octanol–water partition coefficient (Wildman–Crippen LogP) is 7.67. The molecular weight excluding hydrogens is 664 g/mol. The van der Waals surface area contributed by atoms with Gasteiger partial charge in [-0.3, -0.25) is 28.8 Å². The van der Waals surface area contributed by atoms with Gasteiger partial charge in [-0.2, -0.15) is 0 Å². The molecule has 0 aliphatic rings. The molecule has 0 spiro atoms. The number of allylic oxidation sites excluding steroid dienone is 4. The van der Waals surface area contributed by atoms with E-state index in [0.717, 1.165) is 22.3 Å². The zero-order valence-electron chi connectivity index (χ0n) is 28.9. The summed E-state index contributed by atoms with van der Waals surface area (Å²) in [6.45, 7) is 5.31. The number of hydrogen-bond donors (Lipinski definition) is 0. The fraction of sp³-hybridized carbons (Fsp3) is 0.0952. The predicted molar refractivity (Wildman–Crippen MR) is 197 cm³/mol. The second kappa shape index (κ2) is 20.5. The normalized spacial score (nSPS) is 10.8. The molecule has 264 valence electrons. The van der Waals surface area contributed by atoms with E-state index in [1.165, 1.54) is 52.0 Å². The SMILES string of the molecule is CC(=O)Oc1cccc(/C=C/C(=O)/C=C/c2cccc(OC(C)=O)c2)c1.CC(=O)Oc1cccc(/C=C/C(=O)/C=C/c2cccc(OC(C)=O)c2)c1. The minimum absolute atomic E-state index is 0.208. The lowest BCUT2D eigenvalue weighted by Gasteiger charge is -2.01. The van der Waals surface area contributed by atoms with Crippen molar-refractivity contribution in [2.75, 3.05) is 0 Å². The smallest absolute Gasteiger partial charge is 0.308 e. The molecule has 0 amide bonds. The molecular formula is C42H36O10. The van der Waals surface area contributed by atoms with E-state index < -0.39 is 23.9 Å². The van der Waals surface area contributed by atoms with Gasteiger partial charge in [-0.15, -0.1) is 0 Å². The van der Waals surface area contributed by atoms with E-state index in [1.54, 1.807) is 121 Å². The molecule has 10 nitrogen and oxygen atoms in total. The van der Waals surface area contributed by atoms with E-state index in [0.29, 0.717) is 23.0 Å². The molecule has 0 aromatic heterocycles. The quantitative estimate of drug-likeness (QED) is 0.0822. The maximum absolute atomic E-state index is 12.0. The number of esters is 4. The van der Waals surface area contributed by atoms with E-state index in [1.807, 2.05) is 0 Å². The molecule has 0 fully saturated rings. The zero-order valence-corrected chi connectivity index (χ0v) is 28.9. The third-order valence-electron chi connectivity index (χ3n) is 6.24. The summed E-state index contributed by atoms with van der Waals surface area (Å²) in [5.41, 5.74) is 2.95. The lowest BCUT2D eigenvalue weighted by molar-refractivity contribution is -0.132. The van der Waals surface area contributed by atoms with Crippen molar-refractivity contribution in [2.45, 2.75) is 27.7 Å². The van der Waals surface area contributed by atoms with E-state index in [4.69, 9.17) is 18.9 Å². The van der Waals surface area contributed by atoms with Crippen molar-refractivity contribution in [2.24, 2.45) is 0 Å². The molecule has 0 aliphatic heterocycles. The Morgan fingerprint density at radius 3 is 0.769 bits per heavy atom. The number of carbonyl (C=O) groups is 6. The number of ketones is 2. The largest absolute Gasteiger partial charge is 0.427 e. The Morgan fingerprint density at radius 1 is 0.365 bits per heavy atom. The van der Waals surface area contributed by atoms with Gasteiger partial charge >= 0.3 is 23.9 Å². The van der Waals surface area contributed by atoms with Crippen LogP contribution in [0.2, 0.25) is 0 Å². The van der Waals surface area contributed by atoms with Gasteiger partial charge in [0.2, 0.25) is 0 Å². The zero-order chi connectivity index (χ0) is 37.9. The van der Waals surface area contributed by atoms with Crippen LogP contribution in [0.1, 0.15) is 49.9 Å². The molecule has 0 saturated carbocycles. The van der Waals surface area contributed by atoms with Crippen molar-refractivity contribution in [3.05, 3.63) is 144 Å². The Balaban J connectivity index is 0.000000280. The molecule has 52 heavy (non-hydrogen) atoms. The molecule has 0 N–H and O–H groups in total. The van der Waals surface area contributed by atoms with Crippen LogP contribution in [0.5, 0.6) is 23.0 Å². The first-order chi connectivity index (χ1) is 24.8. The lowest BCUT2D eigenvalue weighted by atomic mass is 10.1. The van der Waals surface area contributed by atoms with E-state index >= 15 is 0 Å². The van der Waals surface area contributed by atoms with Crippen LogP contribution in [-0.4, -0.2) is 35.4 Å². The van der Waals surface area contributed by atoms with Gasteiger partial charge in [-0.25, -0.2) is 0 Å². The Labute approximate surface area is 301 Å². The summed E-state index contributed by atoms with van der Waals surface area (Å²) >= 11 is 0. The molecule has 0 unspecified atom stereocenters. The summed E-state index contributed by atoms with van der Waals surface area (Å²) in [6, 6.07) is 27.4. The fourth-order valence-electron chi connectivity index (χ4n) is 4.22. The molecule has 0 bridgehead atoms. The third kappa shape index (κ3) is 16.0. The monoisotopic (exact) mass is 700 g/mol. The standard InChI is InChI=1S/2C21H18O5/c2*1-15(22)25-20-7-3-5-17(13-20)9-11-19(24)12-10-18-6-4-8-21(14-18)26-16(2)23/h2*3-14H,1-2H3/b2*11-9+,12-10+. The first-order valence-corrected chi connectivity index (χ1v) is 15.8. The number of rotatable bonds is 12. The molecule has 0 saturated heterocycles. The minimum Gasteiger partial charge on any atom is -0.427 e. The first kappa shape index (κ1) is 39.5. The molecule has 0 aliphatic carbocycles. The Kier molecular flexibility index (Phi) is 15.6. The van der Waals surface area contributed by atoms with Crippen LogP contribution in [-0.2, 0) is 28.8 Å². The minimum atomic E-state index is -0.402. The maximum atomic E-state index is 12.0. The van der Waals surface area contributed by atoms with E-state index in [9.17, 15) is 28.8 Å². The van der Waals surface area contributed by atoms with Crippen molar-refractivity contribution < 1.29 is 47.7 Å². The molecule has 10 heteroatoms. The highest BCUT2D eigenvalue weighted by molar-refractivity contribution is 6.05. The third-order valence-corrected chi connectivity index (χ3v) is 6.24. The maximum Gasteiger partial charge on any atom is 0.308 e. The van der Waals surface area contributed by atoms with Gasteiger partial charge in [0.25, 0.3) is 0 Å². The fourth-order valence-corrected chi connectivity index (χ4v) is 4.22. The van der Waals surface area contributed by atoms with Crippen LogP contribution in [0.15, 0.2) is 121 Å². The highest BCUT2D eigenvalue weighted by Gasteiger charge is 2.02. The topological polar surface area (TPSA) is 139 Å². The molecule has 0 atom stereocenters. The van der Waals surface area contributed by atoms with Gasteiger partial charge in [-0.1, -0.05) is 72.8 Å². The molecule has 4 aromatic carbocycles. The highest BCUT2D eigenvalue weighted by atomic mass is 16.5. The summed E-state index contributed by atoms with van der Waals surface area (Å²) < 4.78 is 20.0. The van der Waals surface area contributed by atoms with Crippen molar-refractivity contribution >= 4 is 59.7 Å². The van der Waals surface area contributed by atoms with Crippen LogP contribution < -0.4 is 18.9 Å². The Hall–Kier alpha value is -6.94. The van der Waals surface area contributed by atoms with Crippen LogP contribution in [0, 0.1) is 0 Å². The van der Waals surface area contributed by atoms with Gasteiger partial charge in [0.15, 0.2) is 11.6 Å². The molecule has 4 aromatic rings. The van der Waals surface area contributed by atoms with Gasteiger partial charge in [0.05, 0.1) is 0 Å². The first-order valence-electron chi connectivity index (χ1n) is 15.8. The van der Waals surface area contributed by atoms with Gasteiger partial charge in [0.1, 0.15) is 23.0 Å². The van der Waals surface area contributed by atoms with Crippen LogP contribution in [0.4, 0.5) is 0 Å². The number of carbonyl (C=O) groups excluding carboxylic acids is 6. The number of hydrogen-bond acceptors (Lipinski definition) is 10. The average molecular weight is 701 g/mol. The van der Waals surface area contributed by atoms with Crippen LogP contribution in [0.3, 0.4) is 0 Å². The molecule has 0 radical (unpaired) electrons. The van der Waals surface area contributed by atoms with Crippen molar-refractivity contribution in [3.63, 3.8) is 0 Å². The summed E-state index contributed by atoms with van der Waals surface area (Å²) in [4.78, 5) is 67.8. The number of ether oxygens (including phenoxy) is 4. The van der Waals surface area contributed by atoms with E-state index in [-0.39, 0.29) is 11.6 Å². The van der Waals surface area contributed by atoms with Crippen LogP contribution in [0.25, 0.3) is 24.3 Å². The van der Waals surface area contributed by atoms with Gasteiger partial charge in [-0.05, 0) is 95.1 Å². The van der Waals surface area contributed by atoms with Gasteiger partial charge < -0.3 is 18.9 Å². The summed E-state index contributed by atoms with van der Waals surface area (Å²) in [7, 11) is 0. The average Bonchev–Trinajstić information content (AvgIpc) is 3.08. The lowest BCUT2D eigenvalue weighted by Crippen LogP contribution is -2.01. The second-order valence-corrected chi connectivity index (χ2v) is 10.8. The Bertz CT molecular complexity index is 1760. The number of benzene rings is 4. The molecule has 0 heterocycles. The van der Waals surface area contributed by atoms with Crippen LogP contribution >= 0.6 is 0 Å². The highest BCUT2D eigenvalue weighted by Crippen LogP contribution is 2.18. The van der Waals surface area contributed by atoms with E-state index in [2.05, 4.69) is 0 Å². The van der Waals surface area contributed by atoms with Crippen molar-refractivity contribution in [1.29, 1.82) is 0 Å². The summed E-state index contributed by atoms with van der Waals surface area (Å²) in [6.07, 6.45) is 12.2. The second-order valence-electron chi connectivity index (χ2n) is 10.8. The molecule has 4 rings (SSSR count). The summed E-state index contributed by atoms with van der Waals surface area (Å²) in [5.74, 6) is -0.337. The summed E-state index contributed by atoms with van der Waals surface area (Å²) in [5, 5.41) is 0. The van der Waals surface area contributed by atoms with Gasteiger partial charge in [0, 0.05) is 27.7 Å². The van der Waals surface area contributed by atoms with Crippen molar-refractivity contribution in [3.8, 4) is 23.0 Å². The Morgan fingerprint density at radius 2 is 0.577 bits per heavy atom.